The van der Waals surface area contributed by atoms with Crippen molar-refractivity contribution >= 4 is 17.9 Å². The standard InChI is InChI=1S/C52H100O6/c1-6-7-8-9-10-20-29-34-39-44-52(55)58-49(46-57-51(54)43-38-33-28-24-19-22-26-31-36-41-48(4)5)45-56-50(53)42-37-32-27-23-18-16-14-12-11-13-15-17-21-25-30-35-40-47(2)3/h47-49H,6-46H2,1-5H3/t49-/m0/s1. The summed E-state index contributed by atoms with van der Waals surface area (Å²) in [5, 5.41) is 0. The zero-order valence-electron chi connectivity index (χ0n) is 39.7. The average Bonchev–Trinajstić information content (AvgIpc) is 3.19. The highest BCUT2D eigenvalue weighted by Crippen LogP contribution is 2.17. The predicted octanol–water partition coefficient (Wildman–Crippen LogP) is 16.5. The van der Waals surface area contributed by atoms with Gasteiger partial charge in [-0.05, 0) is 31.1 Å². The molecule has 6 nitrogen and oxygen atoms in total. The number of carbonyl (C=O) groups is 3. The Labute approximate surface area is 361 Å². The molecule has 0 spiro atoms. The predicted molar refractivity (Wildman–Crippen MR) is 247 cm³/mol. The van der Waals surface area contributed by atoms with Crippen molar-refractivity contribution in [3.05, 3.63) is 0 Å². The minimum Gasteiger partial charge on any atom is -0.462 e. The van der Waals surface area contributed by atoms with Gasteiger partial charge < -0.3 is 14.2 Å². The van der Waals surface area contributed by atoms with Crippen LogP contribution in [0.15, 0.2) is 0 Å². The molecule has 6 heteroatoms. The van der Waals surface area contributed by atoms with E-state index in [9.17, 15) is 14.4 Å². The van der Waals surface area contributed by atoms with E-state index in [-0.39, 0.29) is 31.1 Å². The molecule has 0 N–H and O–H groups in total. The summed E-state index contributed by atoms with van der Waals surface area (Å²) in [4.78, 5) is 37.8. The van der Waals surface area contributed by atoms with Crippen LogP contribution in [0.25, 0.3) is 0 Å². The second-order valence-electron chi connectivity index (χ2n) is 18.8. The zero-order chi connectivity index (χ0) is 42.6. The van der Waals surface area contributed by atoms with Crippen LogP contribution in [-0.4, -0.2) is 37.2 Å². The van der Waals surface area contributed by atoms with Crippen LogP contribution in [0.3, 0.4) is 0 Å². The first kappa shape index (κ1) is 56.4. The molecule has 0 fully saturated rings. The average molecular weight is 821 g/mol. The van der Waals surface area contributed by atoms with Crippen molar-refractivity contribution < 1.29 is 28.6 Å². The van der Waals surface area contributed by atoms with Gasteiger partial charge in [-0.25, -0.2) is 0 Å². The second-order valence-corrected chi connectivity index (χ2v) is 18.8. The summed E-state index contributed by atoms with van der Waals surface area (Å²) in [5.41, 5.74) is 0. The van der Waals surface area contributed by atoms with Crippen LogP contribution in [0.1, 0.15) is 285 Å². The van der Waals surface area contributed by atoms with Gasteiger partial charge in [0, 0.05) is 19.3 Å². The molecule has 0 saturated heterocycles. The first-order valence-electron chi connectivity index (χ1n) is 25.7. The number of ether oxygens (including phenoxy) is 3. The summed E-state index contributed by atoms with van der Waals surface area (Å²) < 4.78 is 16.8. The zero-order valence-corrected chi connectivity index (χ0v) is 39.7. The normalized spacial score (nSPS) is 12.1. The Morgan fingerprint density at radius 3 is 0.845 bits per heavy atom. The lowest BCUT2D eigenvalue weighted by atomic mass is 10.0. The first-order chi connectivity index (χ1) is 28.2. The molecule has 0 saturated carbocycles. The third kappa shape index (κ3) is 45.5. The van der Waals surface area contributed by atoms with Crippen molar-refractivity contribution in [3.63, 3.8) is 0 Å². The van der Waals surface area contributed by atoms with Crippen LogP contribution in [-0.2, 0) is 28.6 Å². The van der Waals surface area contributed by atoms with Crippen molar-refractivity contribution in [3.8, 4) is 0 Å². The van der Waals surface area contributed by atoms with Gasteiger partial charge in [0.2, 0.25) is 0 Å². The first-order valence-corrected chi connectivity index (χ1v) is 25.7. The van der Waals surface area contributed by atoms with E-state index in [2.05, 4.69) is 34.6 Å². The molecular weight excluding hydrogens is 721 g/mol. The number of hydrogen-bond donors (Lipinski definition) is 0. The minimum atomic E-state index is -0.760. The molecule has 0 aliphatic heterocycles. The molecule has 0 aliphatic rings. The summed E-state index contributed by atoms with van der Waals surface area (Å²) in [7, 11) is 0. The Morgan fingerprint density at radius 1 is 0.328 bits per heavy atom. The summed E-state index contributed by atoms with van der Waals surface area (Å²) in [6.45, 7) is 11.3. The highest BCUT2D eigenvalue weighted by Gasteiger charge is 2.19. The maximum atomic E-state index is 12.7. The molecule has 0 amide bonds. The van der Waals surface area contributed by atoms with Gasteiger partial charge in [0.25, 0.3) is 0 Å². The van der Waals surface area contributed by atoms with Gasteiger partial charge in [0.1, 0.15) is 13.2 Å². The van der Waals surface area contributed by atoms with Crippen LogP contribution in [0.2, 0.25) is 0 Å². The van der Waals surface area contributed by atoms with Crippen molar-refractivity contribution in [2.45, 2.75) is 291 Å². The SMILES string of the molecule is CCCCCCCCCCCC(=O)O[C@@H](COC(=O)CCCCCCCCCCCCCCCCCCC(C)C)COC(=O)CCCCCCCCCCCC(C)C. The molecule has 1 atom stereocenters. The topological polar surface area (TPSA) is 78.9 Å². The van der Waals surface area contributed by atoms with Crippen LogP contribution in [0.5, 0.6) is 0 Å². The van der Waals surface area contributed by atoms with Gasteiger partial charge in [0.15, 0.2) is 6.10 Å². The highest BCUT2D eigenvalue weighted by molar-refractivity contribution is 5.71. The Bertz CT molecular complexity index is 885. The summed E-state index contributed by atoms with van der Waals surface area (Å²) in [6.07, 6.45) is 45.3. The Balaban J connectivity index is 4.20. The lowest BCUT2D eigenvalue weighted by Crippen LogP contribution is -2.30. The molecule has 58 heavy (non-hydrogen) atoms. The molecule has 344 valence electrons. The van der Waals surface area contributed by atoms with Gasteiger partial charge in [0.05, 0.1) is 0 Å². The molecule has 0 aliphatic carbocycles. The van der Waals surface area contributed by atoms with Crippen LogP contribution in [0, 0.1) is 11.8 Å². The molecular formula is C52H100O6. The summed E-state index contributed by atoms with van der Waals surface area (Å²) in [5.74, 6) is 0.809. The molecule has 0 bridgehead atoms. The van der Waals surface area contributed by atoms with Gasteiger partial charge in [-0.15, -0.1) is 0 Å². The summed E-state index contributed by atoms with van der Waals surface area (Å²) in [6, 6.07) is 0. The third-order valence-corrected chi connectivity index (χ3v) is 11.7. The molecule has 0 unspecified atom stereocenters. The fourth-order valence-electron chi connectivity index (χ4n) is 7.81. The molecule has 0 aromatic rings. The maximum absolute atomic E-state index is 12.7. The Morgan fingerprint density at radius 2 is 0.569 bits per heavy atom. The van der Waals surface area contributed by atoms with Crippen molar-refractivity contribution in [1.29, 1.82) is 0 Å². The van der Waals surface area contributed by atoms with E-state index in [0.29, 0.717) is 19.3 Å². The van der Waals surface area contributed by atoms with Crippen LogP contribution in [0.4, 0.5) is 0 Å². The van der Waals surface area contributed by atoms with Crippen molar-refractivity contribution in [2.75, 3.05) is 13.2 Å². The van der Waals surface area contributed by atoms with E-state index in [0.717, 1.165) is 69.6 Å². The molecule has 0 rings (SSSR count). The highest BCUT2D eigenvalue weighted by atomic mass is 16.6. The van der Waals surface area contributed by atoms with Gasteiger partial charge in [-0.2, -0.15) is 0 Å². The quantitative estimate of drug-likeness (QED) is 0.0346. The fraction of sp³-hybridized carbons (Fsp3) is 0.942. The van der Waals surface area contributed by atoms with E-state index in [1.165, 1.54) is 173 Å². The third-order valence-electron chi connectivity index (χ3n) is 11.7. The number of hydrogen-bond acceptors (Lipinski definition) is 6. The number of carbonyl (C=O) groups excluding carboxylic acids is 3. The van der Waals surface area contributed by atoms with E-state index < -0.39 is 6.10 Å². The molecule has 0 aromatic heterocycles. The van der Waals surface area contributed by atoms with Gasteiger partial charge >= 0.3 is 17.9 Å². The Kier molecular flexibility index (Phi) is 43.7. The van der Waals surface area contributed by atoms with Gasteiger partial charge in [-0.1, -0.05) is 247 Å². The number of unbranched alkanes of at least 4 members (excludes halogenated alkanes) is 31. The van der Waals surface area contributed by atoms with Gasteiger partial charge in [-0.3, -0.25) is 14.4 Å². The molecule has 0 aromatic carbocycles. The molecule has 0 heterocycles. The minimum absolute atomic E-state index is 0.0640. The fourth-order valence-corrected chi connectivity index (χ4v) is 7.81. The molecule has 0 radical (unpaired) electrons. The smallest absolute Gasteiger partial charge is 0.306 e. The summed E-state index contributed by atoms with van der Waals surface area (Å²) >= 11 is 0. The van der Waals surface area contributed by atoms with E-state index in [1.807, 2.05) is 0 Å². The number of esters is 3. The van der Waals surface area contributed by atoms with Crippen LogP contribution < -0.4 is 0 Å². The lowest BCUT2D eigenvalue weighted by molar-refractivity contribution is -0.167. The second kappa shape index (κ2) is 44.9. The monoisotopic (exact) mass is 821 g/mol. The largest absolute Gasteiger partial charge is 0.462 e. The van der Waals surface area contributed by atoms with Crippen LogP contribution >= 0.6 is 0 Å². The Hall–Kier alpha value is -1.59. The van der Waals surface area contributed by atoms with Crippen molar-refractivity contribution in [2.24, 2.45) is 11.8 Å². The lowest BCUT2D eigenvalue weighted by Gasteiger charge is -2.18. The van der Waals surface area contributed by atoms with Crippen molar-refractivity contribution in [1.82, 2.24) is 0 Å². The maximum Gasteiger partial charge on any atom is 0.306 e. The van der Waals surface area contributed by atoms with E-state index in [4.69, 9.17) is 14.2 Å². The number of rotatable bonds is 46. The van der Waals surface area contributed by atoms with E-state index >= 15 is 0 Å². The van der Waals surface area contributed by atoms with E-state index in [1.54, 1.807) is 0 Å².